The topological polar surface area (TPSA) is 111 Å². The van der Waals surface area contributed by atoms with Gasteiger partial charge in [0, 0.05) is 5.56 Å². The maximum Gasteiger partial charge on any atom is 0.242 e. The number of aromatic nitrogens is 2. The van der Waals surface area contributed by atoms with Crippen LogP contribution in [0.25, 0.3) is 0 Å². The Hall–Kier alpha value is -2.21. The van der Waals surface area contributed by atoms with Gasteiger partial charge in [0.2, 0.25) is 16.4 Å². The molecule has 8 heteroatoms. The van der Waals surface area contributed by atoms with Crippen molar-refractivity contribution in [1.29, 1.82) is 0 Å². The first kappa shape index (κ1) is 14.2. The van der Waals surface area contributed by atoms with E-state index in [0.717, 1.165) is 6.39 Å². The van der Waals surface area contributed by atoms with E-state index in [-0.39, 0.29) is 23.8 Å². The van der Waals surface area contributed by atoms with Gasteiger partial charge in [-0.05, 0) is 12.1 Å². The number of nitrogens with zero attached hydrogens (tertiary/aromatic N) is 2. The summed E-state index contributed by atoms with van der Waals surface area (Å²) in [6.45, 7) is 0.0994. The zero-order chi connectivity index (χ0) is 14.4. The average Bonchev–Trinajstić information content (AvgIpc) is 2.97. The lowest BCUT2D eigenvalue weighted by atomic mass is 10.2. The third kappa shape index (κ3) is 3.42. The Labute approximate surface area is 116 Å². The standard InChI is InChI=1S/C12H12N4O3S/c13-7-3-5-10-4-1-2-6-11(10)20(17,18)15-8-12-14-9-19-16-12/h1-2,4,6,9,15H,7-8,13H2. The summed E-state index contributed by atoms with van der Waals surface area (Å²) >= 11 is 0. The second-order valence-corrected chi connectivity index (χ2v) is 5.41. The molecule has 0 aliphatic rings. The fourth-order valence-electron chi connectivity index (χ4n) is 1.46. The van der Waals surface area contributed by atoms with Gasteiger partial charge in [0.05, 0.1) is 18.0 Å². The third-order valence-electron chi connectivity index (χ3n) is 2.33. The Bertz CT molecular complexity index is 730. The maximum absolute atomic E-state index is 12.2. The van der Waals surface area contributed by atoms with E-state index in [1.807, 2.05) is 0 Å². The van der Waals surface area contributed by atoms with Crippen LogP contribution in [0.1, 0.15) is 11.4 Å². The van der Waals surface area contributed by atoms with E-state index in [4.69, 9.17) is 5.73 Å². The van der Waals surface area contributed by atoms with Crippen molar-refractivity contribution in [2.24, 2.45) is 5.73 Å². The first-order valence-corrected chi connectivity index (χ1v) is 7.14. The summed E-state index contributed by atoms with van der Waals surface area (Å²) < 4.78 is 31.3. The maximum atomic E-state index is 12.2. The molecule has 0 saturated carbocycles. The zero-order valence-corrected chi connectivity index (χ0v) is 11.2. The molecule has 20 heavy (non-hydrogen) atoms. The van der Waals surface area contributed by atoms with Gasteiger partial charge < -0.3 is 10.3 Å². The molecule has 0 amide bonds. The highest BCUT2D eigenvalue weighted by molar-refractivity contribution is 7.89. The molecule has 2 aromatic rings. The van der Waals surface area contributed by atoms with Gasteiger partial charge >= 0.3 is 0 Å². The van der Waals surface area contributed by atoms with Gasteiger partial charge in [-0.1, -0.05) is 29.1 Å². The van der Waals surface area contributed by atoms with Crippen molar-refractivity contribution >= 4 is 10.0 Å². The van der Waals surface area contributed by atoms with Crippen LogP contribution in [-0.4, -0.2) is 25.1 Å². The van der Waals surface area contributed by atoms with Crippen molar-refractivity contribution in [2.45, 2.75) is 11.4 Å². The summed E-state index contributed by atoms with van der Waals surface area (Å²) in [4.78, 5) is 3.82. The second-order valence-electron chi connectivity index (χ2n) is 3.67. The SMILES string of the molecule is NCC#Cc1ccccc1S(=O)(=O)NCc1ncon1. The Kier molecular flexibility index (Phi) is 4.47. The van der Waals surface area contributed by atoms with Crippen LogP contribution in [0.2, 0.25) is 0 Å². The lowest BCUT2D eigenvalue weighted by Crippen LogP contribution is -2.24. The average molecular weight is 292 g/mol. The summed E-state index contributed by atoms with van der Waals surface area (Å²) in [5.74, 6) is 5.61. The van der Waals surface area contributed by atoms with Crippen LogP contribution >= 0.6 is 0 Å². The van der Waals surface area contributed by atoms with Crippen LogP contribution in [-0.2, 0) is 16.6 Å². The molecule has 0 aliphatic carbocycles. The largest absolute Gasteiger partial charge is 0.343 e. The van der Waals surface area contributed by atoms with Crippen LogP contribution in [0.3, 0.4) is 0 Å². The summed E-state index contributed by atoms with van der Waals surface area (Å²) in [7, 11) is -3.71. The monoisotopic (exact) mass is 292 g/mol. The van der Waals surface area contributed by atoms with E-state index in [9.17, 15) is 8.42 Å². The number of sulfonamides is 1. The predicted molar refractivity (Wildman–Crippen MR) is 70.7 cm³/mol. The Morgan fingerprint density at radius 2 is 2.15 bits per heavy atom. The lowest BCUT2D eigenvalue weighted by molar-refractivity contribution is 0.409. The Balaban J connectivity index is 2.25. The van der Waals surface area contributed by atoms with Crippen LogP contribution in [0, 0.1) is 11.8 Å². The van der Waals surface area contributed by atoms with Crippen LogP contribution in [0.15, 0.2) is 40.1 Å². The van der Waals surface area contributed by atoms with Crippen molar-refractivity contribution in [1.82, 2.24) is 14.9 Å². The number of rotatable bonds is 4. The fourth-order valence-corrected chi connectivity index (χ4v) is 2.60. The highest BCUT2D eigenvalue weighted by atomic mass is 32.2. The van der Waals surface area contributed by atoms with E-state index < -0.39 is 10.0 Å². The van der Waals surface area contributed by atoms with Crippen LogP contribution < -0.4 is 10.5 Å². The lowest BCUT2D eigenvalue weighted by Gasteiger charge is -2.06. The zero-order valence-electron chi connectivity index (χ0n) is 10.4. The van der Waals surface area contributed by atoms with Crippen molar-refractivity contribution in [2.75, 3.05) is 6.54 Å². The molecule has 1 heterocycles. The molecule has 0 radical (unpaired) electrons. The first-order valence-electron chi connectivity index (χ1n) is 5.66. The van der Waals surface area contributed by atoms with Crippen LogP contribution in [0.4, 0.5) is 0 Å². The number of hydrogen-bond acceptors (Lipinski definition) is 6. The van der Waals surface area contributed by atoms with Gasteiger partial charge in [-0.25, -0.2) is 13.1 Å². The number of nitrogens with one attached hydrogen (secondary N) is 1. The number of nitrogens with two attached hydrogens (primary N) is 1. The molecule has 0 saturated heterocycles. The van der Waals surface area contributed by atoms with E-state index in [0.29, 0.717) is 5.56 Å². The van der Waals surface area contributed by atoms with Crippen molar-refractivity contribution in [3.63, 3.8) is 0 Å². The van der Waals surface area contributed by atoms with E-state index in [1.54, 1.807) is 18.2 Å². The van der Waals surface area contributed by atoms with Crippen molar-refractivity contribution in [3.05, 3.63) is 42.0 Å². The van der Waals surface area contributed by atoms with E-state index >= 15 is 0 Å². The molecular weight excluding hydrogens is 280 g/mol. The highest BCUT2D eigenvalue weighted by Gasteiger charge is 2.17. The molecule has 104 valence electrons. The smallest absolute Gasteiger partial charge is 0.242 e. The van der Waals surface area contributed by atoms with Gasteiger partial charge in [0.1, 0.15) is 0 Å². The van der Waals surface area contributed by atoms with E-state index in [2.05, 4.69) is 31.2 Å². The van der Waals surface area contributed by atoms with Crippen LogP contribution in [0.5, 0.6) is 0 Å². The number of hydrogen-bond donors (Lipinski definition) is 2. The van der Waals surface area contributed by atoms with Gasteiger partial charge in [-0.15, -0.1) is 0 Å². The molecule has 1 aromatic carbocycles. The summed E-state index contributed by atoms with van der Waals surface area (Å²) in [6.07, 6.45) is 1.13. The van der Waals surface area contributed by atoms with Crippen molar-refractivity contribution in [3.8, 4) is 11.8 Å². The van der Waals surface area contributed by atoms with Crippen molar-refractivity contribution < 1.29 is 12.9 Å². The highest BCUT2D eigenvalue weighted by Crippen LogP contribution is 2.14. The second kappa shape index (κ2) is 6.29. The predicted octanol–water partition coefficient (Wildman–Crippen LogP) is -0.142. The summed E-state index contributed by atoms with van der Waals surface area (Å²) in [5, 5.41) is 3.53. The molecule has 1 aromatic heterocycles. The molecule has 2 rings (SSSR count). The minimum absolute atomic E-state index is 0.0581. The quantitative estimate of drug-likeness (QED) is 0.759. The normalized spacial score (nSPS) is 10.8. The Morgan fingerprint density at radius 3 is 2.85 bits per heavy atom. The molecular formula is C12H12N4O3S. The fraction of sp³-hybridized carbons (Fsp3) is 0.167. The molecule has 0 atom stereocenters. The first-order chi connectivity index (χ1) is 9.63. The molecule has 0 aliphatic heterocycles. The summed E-state index contributed by atoms with van der Waals surface area (Å²) in [6, 6.07) is 6.42. The molecule has 0 fully saturated rings. The van der Waals surface area contributed by atoms with Gasteiger partial charge in [0.15, 0.2) is 5.82 Å². The summed E-state index contributed by atoms with van der Waals surface area (Å²) in [5.41, 5.74) is 5.68. The van der Waals surface area contributed by atoms with Gasteiger partial charge in [-0.2, -0.15) is 4.98 Å². The minimum Gasteiger partial charge on any atom is -0.343 e. The third-order valence-corrected chi connectivity index (χ3v) is 3.79. The minimum atomic E-state index is -3.71. The van der Waals surface area contributed by atoms with Gasteiger partial charge in [-0.3, -0.25) is 0 Å². The molecule has 7 nitrogen and oxygen atoms in total. The Morgan fingerprint density at radius 1 is 1.35 bits per heavy atom. The molecule has 0 unspecified atom stereocenters. The van der Waals surface area contributed by atoms with Gasteiger partial charge in [0.25, 0.3) is 0 Å². The molecule has 0 bridgehead atoms. The van der Waals surface area contributed by atoms with E-state index in [1.165, 1.54) is 6.07 Å². The number of benzene rings is 1. The molecule has 0 spiro atoms. The molecule has 3 N–H and O–H groups in total.